The SMILES string of the molecule is COC(=O)C[C@@H](NC(=O)c1ccccc1C(=O)O)c1cccc(Cl)c1Cl. The summed E-state index contributed by atoms with van der Waals surface area (Å²) >= 11 is 12.2. The fraction of sp³-hybridized carbons (Fsp3) is 0.167. The van der Waals surface area contributed by atoms with Crippen LogP contribution in [-0.4, -0.2) is 30.1 Å². The number of carboxylic acid groups (broad SMARTS) is 1. The Kier molecular flexibility index (Phi) is 6.60. The Morgan fingerprint density at radius 2 is 1.73 bits per heavy atom. The molecule has 0 bridgehead atoms. The number of halogens is 2. The summed E-state index contributed by atoms with van der Waals surface area (Å²) in [6, 6.07) is 9.73. The van der Waals surface area contributed by atoms with Crippen molar-refractivity contribution in [3.05, 3.63) is 69.2 Å². The highest BCUT2D eigenvalue weighted by Gasteiger charge is 2.24. The normalized spacial score (nSPS) is 11.5. The molecule has 0 aliphatic carbocycles. The Morgan fingerprint density at radius 1 is 1.08 bits per heavy atom. The second kappa shape index (κ2) is 8.69. The van der Waals surface area contributed by atoms with Gasteiger partial charge in [-0.3, -0.25) is 9.59 Å². The van der Waals surface area contributed by atoms with E-state index >= 15 is 0 Å². The minimum absolute atomic E-state index is 0.0342. The van der Waals surface area contributed by atoms with Crippen LogP contribution in [0.3, 0.4) is 0 Å². The van der Waals surface area contributed by atoms with Crippen LogP contribution in [0.25, 0.3) is 0 Å². The highest BCUT2D eigenvalue weighted by molar-refractivity contribution is 6.42. The third-order valence-electron chi connectivity index (χ3n) is 3.66. The van der Waals surface area contributed by atoms with Gasteiger partial charge in [-0.25, -0.2) is 4.79 Å². The smallest absolute Gasteiger partial charge is 0.336 e. The molecule has 0 saturated heterocycles. The molecule has 136 valence electrons. The Labute approximate surface area is 159 Å². The van der Waals surface area contributed by atoms with Gasteiger partial charge in [-0.05, 0) is 23.8 Å². The van der Waals surface area contributed by atoms with E-state index in [0.29, 0.717) is 5.56 Å². The Balaban J connectivity index is 2.38. The van der Waals surface area contributed by atoms with Crippen molar-refractivity contribution in [1.29, 1.82) is 0 Å². The van der Waals surface area contributed by atoms with Gasteiger partial charge in [0.25, 0.3) is 5.91 Å². The molecule has 2 N–H and O–H groups in total. The van der Waals surface area contributed by atoms with Crippen LogP contribution in [0.1, 0.15) is 38.7 Å². The molecule has 1 amide bonds. The zero-order valence-electron chi connectivity index (χ0n) is 13.7. The first kappa shape index (κ1) is 19.8. The molecule has 26 heavy (non-hydrogen) atoms. The third kappa shape index (κ3) is 4.53. The number of amides is 1. The first-order chi connectivity index (χ1) is 12.3. The van der Waals surface area contributed by atoms with E-state index in [4.69, 9.17) is 23.2 Å². The molecule has 8 heteroatoms. The Bertz CT molecular complexity index is 853. The van der Waals surface area contributed by atoms with E-state index in [9.17, 15) is 19.5 Å². The molecule has 0 heterocycles. The summed E-state index contributed by atoms with van der Waals surface area (Å²) in [5, 5.41) is 12.3. The summed E-state index contributed by atoms with van der Waals surface area (Å²) in [5.74, 6) is -2.47. The summed E-state index contributed by atoms with van der Waals surface area (Å²) in [6.45, 7) is 0. The van der Waals surface area contributed by atoms with E-state index in [1.165, 1.54) is 25.3 Å². The number of carbonyl (C=O) groups is 3. The van der Waals surface area contributed by atoms with Crippen LogP contribution < -0.4 is 5.32 Å². The van der Waals surface area contributed by atoms with Crippen LogP contribution in [0.4, 0.5) is 0 Å². The van der Waals surface area contributed by atoms with E-state index in [-0.39, 0.29) is 27.6 Å². The standard InChI is InChI=1S/C18H15Cl2NO5/c1-26-15(22)9-14(12-7-4-8-13(19)16(12)20)21-17(23)10-5-2-3-6-11(10)18(24)25/h2-8,14H,9H2,1H3,(H,21,23)(H,24,25)/t14-/m1/s1. The molecule has 0 spiro atoms. The molecule has 0 aromatic heterocycles. The maximum Gasteiger partial charge on any atom is 0.336 e. The average molecular weight is 396 g/mol. The number of rotatable bonds is 6. The van der Waals surface area contributed by atoms with Crippen molar-refractivity contribution in [3.63, 3.8) is 0 Å². The maximum absolute atomic E-state index is 12.6. The van der Waals surface area contributed by atoms with E-state index in [1.807, 2.05) is 0 Å². The predicted octanol–water partition coefficient (Wildman–Crippen LogP) is 3.73. The highest BCUT2D eigenvalue weighted by atomic mass is 35.5. The van der Waals surface area contributed by atoms with Crippen LogP contribution in [0.5, 0.6) is 0 Å². The van der Waals surface area contributed by atoms with Crippen LogP contribution in [0, 0.1) is 0 Å². The number of nitrogens with one attached hydrogen (secondary N) is 1. The van der Waals surface area contributed by atoms with Crippen molar-refractivity contribution in [2.45, 2.75) is 12.5 Å². The van der Waals surface area contributed by atoms with Crippen molar-refractivity contribution >= 4 is 41.0 Å². The summed E-state index contributed by atoms with van der Waals surface area (Å²) in [7, 11) is 1.22. The molecule has 0 unspecified atom stereocenters. The zero-order chi connectivity index (χ0) is 19.3. The molecule has 6 nitrogen and oxygen atoms in total. The molecule has 1 atom stereocenters. The van der Waals surface area contributed by atoms with Gasteiger partial charge < -0.3 is 15.2 Å². The number of hydrogen-bond acceptors (Lipinski definition) is 4. The summed E-state index contributed by atoms with van der Waals surface area (Å²) in [4.78, 5) is 35.7. The second-order valence-corrected chi connectivity index (χ2v) is 6.09. The summed E-state index contributed by atoms with van der Waals surface area (Å²) in [5.41, 5.74) is 0.234. The van der Waals surface area contributed by atoms with Crippen molar-refractivity contribution in [1.82, 2.24) is 5.32 Å². The van der Waals surface area contributed by atoms with Crippen molar-refractivity contribution in [2.24, 2.45) is 0 Å². The number of benzene rings is 2. The van der Waals surface area contributed by atoms with Crippen molar-refractivity contribution < 1.29 is 24.2 Å². The quantitative estimate of drug-likeness (QED) is 0.726. The summed E-state index contributed by atoms with van der Waals surface area (Å²) < 4.78 is 4.66. The Hall–Kier alpha value is -2.57. The van der Waals surface area contributed by atoms with Crippen molar-refractivity contribution in [2.75, 3.05) is 7.11 Å². The molecule has 0 saturated carbocycles. The summed E-state index contributed by atoms with van der Waals surface area (Å²) in [6.07, 6.45) is -0.197. The molecular weight excluding hydrogens is 381 g/mol. The van der Waals surface area contributed by atoms with Crippen LogP contribution >= 0.6 is 23.2 Å². The van der Waals surface area contributed by atoms with Crippen LogP contribution in [-0.2, 0) is 9.53 Å². The number of esters is 1. The van der Waals surface area contributed by atoms with E-state index in [1.54, 1.807) is 24.3 Å². The van der Waals surface area contributed by atoms with Gasteiger partial charge in [0.15, 0.2) is 0 Å². The minimum atomic E-state index is -1.24. The number of carboxylic acids is 1. The molecule has 2 rings (SSSR count). The first-order valence-electron chi connectivity index (χ1n) is 7.49. The number of hydrogen-bond donors (Lipinski definition) is 2. The van der Waals surface area contributed by atoms with Gasteiger partial charge in [0, 0.05) is 0 Å². The zero-order valence-corrected chi connectivity index (χ0v) is 15.2. The lowest BCUT2D eigenvalue weighted by atomic mass is 10.0. The monoisotopic (exact) mass is 395 g/mol. The number of aromatic carboxylic acids is 1. The maximum atomic E-state index is 12.6. The Morgan fingerprint density at radius 3 is 2.35 bits per heavy atom. The minimum Gasteiger partial charge on any atom is -0.478 e. The van der Waals surface area contributed by atoms with Crippen molar-refractivity contribution in [3.8, 4) is 0 Å². The van der Waals surface area contributed by atoms with Crippen LogP contribution in [0.15, 0.2) is 42.5 Å². The molecule has 2 aromatic rings. The molecule has 0 fully saturated rings. The predicted molar refractivity (Wildman–Crippen MR) is 96.7 cm³/mol. The first-order valence-corrected chi connectivity index (χ1v) is 8.24. The van der Waals surface area contributed by atoms with Crippen LogP contribution in [0.2, 0.25) is 10.0 Å². The fourth-order valence-corrected chi connectivity index (χ4v) is 2.82. The second-order valence-electron chi connectivity index (χ2n) is 5.30. The topological polar surface area (TPSA) is 92.7 Å². The lowest BCUT2D eigenvalue weighted by Crippen LogP contribution is -2.31. The molecule has 0 aliphatic heterocycles. The van der Waals surface area contributed by atoms with E-state index < -0.39 is 23.9 Å². The van der Waals surface area contributed by atoms with Gasteiger partial charge in [-0.1, -0.05) is 47.5 Å². The average Bonchev–Trinajstić information content (AvgIpc) is 2.63. The number of carbonyl (C=O) groups excluding carboxylic acids is 2. The lowest BCUT2D eigenvalue weighted by Gasteiger charge is -2.20. The largest absolute Gasteiger partial charge is 0.478 e. The lowest BCUT2D eigenvalue weighted by molar-refractivity contribution is -0.141. The van der Waals surface area contributed by atoms with E-state index in [2.05, 4.69) is 10.1 Å². The van der Waals surface area contributed by atoms with Gasteiger partial charge in [0.2, 0.25) is 0 Å². The number of methoxy groups -OCH3 is 1. The van der Waals surface area contributed by atoms with Gasteiger partial charge in [-0.15, -0.1) is 0 Å². The molecule has 0 radical (unpaired) electrons. The highest BCUT2D eigenvalue weighted by Crippen LogP contribution is 2.32. The van der Waals surface area contributed by atoms with E-state index in [0.717, 1.165) is 0 Å². The number of ether oxygens (including phenoxy) is 1. The van der Waals surface area contributed by atoms with Gasteiger partial charge in [0.1, 0.15) is 0 Å². The third-order valence-corrected chi connectivity index (χ3v) is 4.50. The molecule has 0 aliphatic rings. The van der Waals surface area contributed by atoms with Gasteiger partial charge in [-0.2, -0.15) is 0 Å². The fourth-order valence-electron chi connectivity index (χ4n) is 2.38. The molecule has 2 aromatic carbocycles. The van der Waals surface area contributed by atoms with Gasteiger partial charge >= 0.3 is 11.9 Å². The van der Waals surface area contributed by atoms with Gasteiger partial charge in [0.05, 0.1) is 40.7 Å². The molecular formula is C18H15Cl2NO5.